The first-order valence-electron chi connectivity index (χ1n) is 4.51. The minimum Gasteiger partial charge on any atom is -0.508 e. The Kier molecular flexibility index (Phi) is 2.56. The SMILES string of the molecule is Oc1cc(F)cc(-c2cc(F)ccc2F)c1. The van der Waals surface area contributed by atoms with Crippen LogP contribution in [0.3, 0.4) is 0 Å². The van der Waals surface area contributed by atoms with Crippen molar-refractivity contribution >= 4 is 0 Å². The maximum atomic E-state index is 13.3. The molecule has 0 unspecified atom stereocenters. The average molecular weight is 224 g/mol. The molecule has 0 saturated carbocycles. The van der Waals surface area contributed by atoms with Gasteiger partial charge in [-0.1, -0.05) is 0 Å². The Morgan fingerprint density at radius 2 is 1.56 bits per heavy atom. The number of halogens is 3. The fourth-order valence-electron chi connectivity index (χ4n) is 1.45. The van der Waals surface area contributed by atoms with Crippen LogP contribution in [0.1, 0.15) is 0 Å². The van der Waals surface area contributed by atoms with Crippen molar-refractivity contribution in [3.05, 3.63) is 53.8 Å². The van der Waals surface area contributed by atoms with Crippen molar-refractivity contribution in [2.75, 3.05) is 0 Å². The van der Waals surface area contributed by atoms with Crippen LogP contribution in [0.25, 0.3) is 11.1 Å². The molecule has 0 spiro atoms. The van der Waals surface area contributed by atoms with Crippen LogP contribution >= 0.6 is 0 Å². The number of phenols is 1. The zero-order valence-corrected chi connectivity index (χ0v) is 8.05. The van der Waals surface area contributed by atoms with Gasteiger partial charge in [-0.15, -0.1) is 0 Å². The molecular formula is C12H7F3O. The average Bonchev–Trinajstić information content (AvgIpc) is 2.20. The van der Waals surface area contributed by atoms with Gasteiger partial charge < -0.3 is 5.11 Å². The molecule has 2 rings (SSSR count). The molecule has 82 valence electrons. The van der Waals surface area contributed by atoms with E-state index >= 15 is 0 Å². The van der Waals surface area contributed by atoms with Gasteiger partial charge in [0.2, 0.25) is 0 Å². The zero-order chi connectivity index (χ0) is 11.7. The second-order valence-electron chi connectivity index (χ2n) is 3.32. The van der Waals surface area contributed by atoms with E-state index in [1.54, 1.807) is 0 Å². The monoisotopic (exact) mass is 224 g/mol. The fourth-order valence-corrected chi connectivity index (χ4v) is 1.45. The number of aromatic hydroxyl groups is 1. The van der Waals surface area contributed by atoms with Crippen LogP contribution in [0.2, 0.25) is 0 Å². The Morgan fingerprint density at radius 3 is 2.25 bits per heavy atom. The Hall–Kier alpha value is -1.97. The molecular weight excluding hydrogens is 217 g/mol. The summed E-state index contributed by atoms with van der Waals surface area (Å²) >= 11 is 0. The molecule has 1 N–H and O–H groups in total. The number of hydrogen-bond donors (Lipinski definition) is 1. The van der Waals surface area contributed by atoms with Crippen LogP contribution in [-0.2, 0) is 0 Å². The standard InChI is InChI=1S/C12H7F3O/c13-8-1-2-12(15)11(6-8)7-3-9(14)5-10(16)4-7/h1-6,16H. The largest absolute Gasteiger partial charge is 0.508 e. The van der Waals surface area contributed by atoms with E-state index in [0.29, 0.717) is 0 Å². The quantitative estimate of drug-likeness (QED) is 0.786. The molecule has 1 nitrogen and oxygen atoms in total. The van der Waals surface area contributed by atoms with E-state index in [9.17, 15) is 13.2 Å². The van der Waals surface area contributed by atoms with Crippen LogP contribution in [0, 0.1) is 17.5 Å². The predicted octanol–water partition coefficient (Wildman–Crippen LogP) is 3.48. The lowest BCUT2D eigenvalue weighted by molar-refractivity contribution is 0.469. The second kappa shape index (κ2) is 3.89. The van der Waals surface area contributed by atoms with Crippen LogP contribution < -0.4 is 0 Å². The van der Waals surface area contributed by atoms with E-state index in [4.69, 9.17) is 5.11 Å². The smallest absolute Gasteiger partial charge is 0.131 e. The summed E-state index contributed by atoms with van der Waals surface area (Å²) in [6.45, 7) is 0. The molecule has 0 aromatic heterocycles. The van der Waals surface area contributed by atoms with Gasteiger partial charge in [0.15, 0.2) is 0 Å². The van der Waals surface area contributed by atoms with Crippen LogP contribution in [0.4, 0.5) is 13.2 Å². The molecule has 0 amide bonds. The van der Waals surface area contributed by atoms with Crippen LogP contribution in [-0.4, -0.2) is 5.11 Å². The summed E-state index contributed by atoms with van der Waals surface area (Å²) in [5, 5.41) is 9.16. The third-order valence-corrected chi connectivity index (χ3v) is 2.12. The van der Waals surface area contributed by atoms with E-state index in [-0.39, 0.29) is 16.9 Å². The first-order chi connectivity index (χ1) is 7.56. The molecule has 0 saturated heterocycles. The highest BCUT2D eigenvalue weighted by atomic mass is 19.1. The molecule has 0 heterocycles. The lowest BCUT2D eigenvalue weighted by Gasteiger charge is -2.04. The topological polar surface area (TPSA) is 20.2 Å². The van der Waals surface area contributed by atoms with Gasteiger partial charge >= 0.3 is 0 Å². The molecule has 16 heavy (non-hydrogen) atoms. The summed E-state index contributed by atoms with van der Waals surface area (Å²) in [6.07, 6.45) is 0. The predicted molar refractivity (Wildman–Crippen MR) is 53.4 cm³/mol. The van der Waals surface area contributed by atoms with Gasteiger partial charge in [-0.05, 0) is 35.9 Å². The van der Waals surface area contributed by atoms with Gasteiger partial charge in [0.25, 0.3) is 0 Å². The van der Waals surface area contributed by atoms with Crippen molar-refractivity contribution < 1.29 is 18.3 Å². The van der Waals surface area contributed by atoms with Crippen molar-refractivity contribution in [1.29, 1.82) is 0 Å². The van der Waals surface area contributed by atoms with E-state index in [1.165, 1.54) is 6.07 Å². The van der Waals surface area contributed by atoms with E-state index in [1.807, 2.05) is 0 Å². The van der Waals surface area contributed by atoms with Crippen molar-refractivity contribution in [2.24, 2.45) is 0 Å². The highest BCUT2D eigenvalue weighted by Gasteiger charge is 2.08. The summed E-state index contributed by atoms with van der Waals surface area (Å²) in [4.78, 5) is 0. The summed E-state index contributed by atoms with van der Waals surface area (Å²) < 4.78 is 39.2. The van der Waals surface area contributed by atoms with Gasteiger partial charge in [0.1, 0.15) is 23.2 Å². The molecule has 2 aromatic rings. The first-order valence-corrected chi connectivity index (χ1v) is 4.51. The molecule has 0 aliphatic carbocycles. The number of rotatable bonds is 1. The maximum Gasteiger partial charge on any atom is 0.131 e. The summed E-state index contributed by atoms with van der Waals surface area (Å²) in [5.41, 5.74) is 0.00398. The number of benzene rings is 2. The fraction of sp³-hybridized carbons (Fsp3) is 0. The number of hydrogen-bond acceptors (Lipinski definition) is 1. The molecule has 0 atom stereocenters. The van der Waals surface area contributed by atoms with Crippen molar-refractivity contribution in [3.63, 3.8) is 0 Å². The Bertz CT molecular complexity index is 518. The van der Waals surface area contributed by atoms with Crippen LogP contribution in [0.5, 0.6) is 5.75 Å². The van der Waals surface area contributed by atoms with E-state index in [2.05, 4.69) is 0 Å². The lowest BCUT2D eigenvalue weighted by atomic mass is 10.0. The third kappa shape index (κ3) is 2.00. The summed E-state index contributed by atoms with van der Waals surface area (Å²) in [6, 6.07) is 5.95. The summed E-state index contributed by atoms with van der Waals surface area (Å²) in [7, 11) is 0. The second-order valence-corrected chi connectivity index (χ2v) is 3.32. The first kappa shape index (κ1) is 10.5. The van der Waals surface area contributed by atoms with Crippen molar-refractivity contribution in [3.8, 4) is 16.9 Å². The molecule has 0 aliphatic rings. The van der Waals surface area contributed by atoms with E-state index < -0.39 is 17.5 Å². The van der Waals surface area contributed by atoms with Gasteiger partial charge in [-0.2, -0.15) is 0 Å². The summed E-state index contributed by atoms with van der Waals surface area (Å²) in [5.74, 6) is -2.34. The number of phenolic OH excluding ortho intramolecular Hbond substituents is 1. The molecule has 0 bridgehead atoms. The molecule has 2 aromatic carbocycles. The Balaban J connectivity index is 2.62. The Morgan fingerprint density at radius 1 is 0.812 bits per heavy atom. The van der Waals surface area contributed by atoms with Gasteiger partial charge in [-0.25, -0.2) is 13.2 Å². The third-order valence-electron chi connectivity index (χ3n) is 2.12. The van der Waals surface area contributed by atoms with Gasteiger partial charge in [0.05, 0.1) is 0 Å². The maximum absolute atomic E-state index is 13.3. The van der Waals surface area contributed by atoms with Crippen molar-refractivity contribution in [1.82, 2.24) is 0 Å². The molecule has 4 heteroatoms. The molecule has 0 radical (unpaired) electrons. The van der Waals surface area contributed by atoms with E-state index in [0.717, 1.165) is 30.3 Å². The lowest BCUT2D eigenvalue weighted by Crippen LogP contribution is -1.87. The normalized spacial score (nSPS) is 10.4. The van der Waals surface area contributed by atoms with Crippen molar-refractivity contribution in [2.45, 2.75) is 0 Å². The zero-order valence-electron chi connectivity index (χ0n) is 8.05. The minimum absolute atomic E-state index is 0.0881. The molecule has 0 fully saturated rings. The van der Waals surface area contributed by atoms with Gasteiger partial charge in [-0.3, -0.25) is 0 Å². The van der Waals surface area contributed by atoms with Gasteiger partial charge in [0, 0.05) is 11.6 Å². The van der Waals surface area contributed by atoms with Crippen LogP contribution in [0.15, 0.2) is 36.4 Å². The molecule has 0 aliphatic heterocycles. The Labute approximate surface area is 89.8 Å². The highest BCUT2D eigenvalue weighted by molar-refractivity contribution is 5.65. The minimum atomic E-state index is -0.710. The highest BCUT2D eigenvalue weighted by Crippen LogP contribution is 2.27.